The van der Waals surface area contributed by atoms with Crippen molar-refractivity contribution < 1.29 is 13.9 Å². The molecule has 27 heavy (non-hydrogen) atoms. The SMILES string of the molecule is C#CC(C)(C)NC(=O)c1ncn2c(C)cc(-c3cc(F)cc(OC)c3)nc12. The van der Waals surface area contributed by atoms with Crippen LogP contribution < -0.4 is 10.1 Å². The predicted molar refractivity (Wildman–Crippen MR) is 100 cm³/mol. The number of carbonyl (C=O) groups excluding carboxylic acids is 1. The summed E-state index contributed by atoms with van der Waals surface area (Å²) >= 11 is 0. The van der Waals surface area contributed by atoms with Crippen molar-refractivity contribution in [2.24, 2.45) is 0 Å². The van der Waals surface area contributed by atoms with E-state index in [1.807, 2.05) is 6.92 Å². The molecule has 0 atom stereocenters. The number of fused-ring (bicyclic) bond motifs is 1. The quantitative estimate of drug-likeness (QED) is 0.721. The zero-order chi connectivity index (χ0) is 19.8. The topological polar surface area (TPSA) is 68.5 Å². The van der Waals surface area contributed by atoms with Crippen molar-refractivity contribution in [1.29, 1.82) is 0 Å². The number of imidazole rings is 1. The highest BCUT2D eigenvalue weighted by Gasteiger charge is 2.23. The molecule has 0 spiro atoms. The molecule has 0 saturated heterocycles. The van der Waals surface area contributed by atoms with E-state index in [1.165, 1.54) is 25.6 Å². The number of amides is 1. The molecule has 2 aromatic heterocycles. The lowest BCUT2D eigenvalue weighted by Gasteiger charge is -2.18. The van der Waals surface area contributed by atoms with Crippen molar-refractivity contribution in [3.63, 3.8) is 0 Å². The van der Waals surface area contributed by atoms with Crippen molar-refractivity contribution in [2.45, 2.75) is 26.3 Å². The van der Waals surface area contributed by atoms with E-state index < -0.39 is 17.3 Å². The van der Waals surface area contributed by atoms with Gasteiger partial charge in [0.05, 0.1) is 18.3 Å². The molecule has 3 aromatic rings. The molecule has 0 radical (unpaired) electrons. The van der Waals surface area contributed by atoms with Gasteiger partial charge >= 0.3 is 0 Å². The van der Waals surface area contributed by atoms with Crippen molar-refractivity contribution in [3.8, 4) is 29.4 Å². The summed E-state index contributed by atoms with van der Waals surface area (Å²) in [4.78, 5) is 21.3. The van der Waals surface area contributed by atoms with Gasteiger partial charge in [0, 0.05) is 17.3 Å². The van der Waals surface area contributed by atoms with E-state index in [2.05, 4.69) is 21.2 Å². The van der Waals surface area contributed by atoms with Gasteiger partial charge in [-0.2, -0.15) is 0 Å². The second-order valence-electron chi connectivity index (χ2n) is 6.67. The van der Waals surface area contributed by atoms with Gasteiger partial charge in [-0.3, -0.25) is 9.20 Å². The summed E-state index contributed by atoms with van der Waals surface area (Å²) in [5.74, 6) is 2.02. The van der Waals surface area contributed by atoms with E-state index in [4.69, 9.17) is 11.2 Å². The van der Waals surface area contributed by atoms with Crippen molar-refractivity contribution >= 4 is 11.6 Å². The molecule has 0 aliphatic heterocycles. The van der Waals surface area contributed by atoms with Gasteiger partial charge in [-0.25, -0.2) is 14.4 Å². The van der Waals surface area contributed by atoms with Gasteiger partial charge in [0.15, 0.2) is 11.3 Å². The van der Waals surface area contributed by atoms with Gasteiger partial charge in [-0.1, -0.05) is 5.92 Å². The third kappa shape index (κ3) is 3.60. The maximum Gasteiger partial charge on any atom is 0.274 e. The summed E-state index contributed by atoms with van der Waals surface area (Å²) in [6.45, 7) is 5.28. The lowest BCUT2D eigenvalue weighted by molar-refractivity contribution is 0.0927. The monoisotopic (exact) mass is 366 g/mol. The van der Waals surface area contributed by atoms with Crippen LogP contribution in [0.1, 0.15) is 30.0 Å². The Hall–Kier alpha value is -3.40. The van der Waals surface area contributed by atoms with Crippen LogP contribution in [0.25, 0.3) is 16.9 Å². The number of benzene rings is 1. The molecular weight excluding hydrogens is 347 g/mol. The average Bonchev–Trinajstić information content (AvgIpc) is 3.05. The molecule has 7 heteroatoms. The number of carbonyl (C=O) groups is 1. The number of terminal acetylenes is 1. The molecule has 6 nitrogen and oxygen atoms in total. The standard InChI is InChI=1S/C20H19FN4O2/c1-6-20(3,4)24-19(26)17-18-23-16(7-12(2)25(18)11-22-17)13-8-14(21)10-15(9-13)27-5/h1,7-11H,2-5H3,(H,24,26). The van der Waals surface area contributed by atoms with Crippen molar-refractivity contribution in [2.75, 3.05) is 7.11 Å². The number of hydrogen-bond donors (Lipinski definition) is 1. The minimum atomic E-state index is -0.824. The highest BCUT2D eigenvalue weighted by molar-refractivity contribution is 5.98. The number of methoxy groups -OCH3 is 1. The van der Waals surface area contributed by atoms with E-state index in [9.17, 15) is 9.18 Å². The number of hydrogen-bond acceptors (Lipinski definition) is 4. The van der Waals surface area contributed by atoms with Crippen LogP contribution >= 0.6 is 0 Å². The molecule has 0 aliphatic carbocycles. The molecule has 0 saturated carbocycles. The molecule has 0 fully saturated rings. The summed E-state index contributed by atoms with van der Waals surface area (Å²) < 4.78 is 20.7. The van der Waals surface area contributed by atoms with Crippen LogP contribution in [0.5, 0.6) is 5.75 Å². The first-order valence-corrected chi connectivity index (χ1v) is 8.24. The number of aryl methyl sites for hydroxylation is 1. The van der Waals surface area contributed by atoms with Gasteiger partial charge < -0.3 is 10.1 Å². The van der Waals surface area contributed by atoms with Crippen molar-refractivity contribution in [1.82, 2.24) is 19.7 Å². The smallest absolute Gasteiger partial charge is 0.274 e. The van der Waals surface area contributed by atoms with E-state index in [-0.39, 0.29) is 5.69 Å². The van der Waals surface area contributed by atoms with Crippen LogP contribution in [-0.4, -0.2) is 32.9 Å². The Labute approximate surface area is 156 Å². The Morgan fingerprint density at radius 3 is 2.74 bits per heavy atom. The van der Waals surface area contributed by atoms with Crippen LogP contribution in [0.15, 0.2) is 30.6 Å². The normalized spacial score (nSPS) is 11.3. The summed E-state index contributed by atoms with van der Waals surface area (Å²) in [6.07, 6.45) is 6.95. The van der Waals surface area contributed by atoms with E-state index in [0.29, 0.717) is 22.7 Å². The van der Waals surface area contributed by atoms with E-state index in [1.54, 1.807) is 30.4 Å². The number of aromatic nitrogens is 3. The zero-order valence-corrected chi connectivity index (χ0v) is 15.5. The van der Waals surface area contributed by atoms with Gasteiger partial charge in [0.1, 0.15) is 17.9 Å². The lowest BCUT2D eigenvalue weighted by Crippen LogP contribution is -2.42. The Morgan fingerprint density at radius 1 is 1.33 bits per heavy atom. The molecule has 0 bridgehead atoms. The Morgan fingerprint density at radius 2 is 2.07 bits per heavy atom. The molecule has 138 valence electrons. The summed E-state index contributed by atoms with van der Waals surface area (Å²) in [6, 6.07) is 6.11. The Balaban J connectivity index is 2.12. The highest BCUT2D eigenvalue weighted by atomic mass is 19.1. The first-order chi connectivity index (χ1) is 12.7. The summed E-state index contributed by atoms with van der Waals surface area (Å²) in [7, 11) is 1.47. The fraction of sp³-hybridized carbons (Fsp3) is 0.250. The van der Waals surface area contributed by atoms with Gasteiger partial charge in [0.25, 0.3) is 5.91 Å². The lowest BCUT2D eigenvalue weighted by atomic mass is 10.1. The number of rotatable bonds is 4. The molecule has 2 heterocycles. The predicted octanol–water partition coefficient (Wildman–Crippen LogP) is 2.99. The zero-order valence-electron chi connectivity index (χ0n) is 15.5. The van der Waals surface area contributed by atoms with Crippen LogP contribution in [0, 0.1) is 25.1 Å². The van der Waals surface area contributed by atoms with Gasteiger partial charge in [-0.05, 0) is 39.0 Å². The third-order valence-corrected chi connectivity index (χ3v) is 4.10. The maximum absolute atomic E-state index is 13.9. The largest absolute Gasteiger partial charge is 0.497 e. The molecule has 3 rings (SSSR count). The first-order valence-electron chi connectivity index (χ1n) is 8.24. The molecule has 1 N–H and O–H groups in total. The second kappa shape index (κ2) is 6.72. The van der Waals surface area contributed by atoms with Crippen LogP contribution in [-0.2, 0) is 0 Å². The molecular formula is C20H19FN4O2. The summed E-state index contributed by atoms with van der Waals surface area (Å²) in [5.41, 5.74) is 1.51. The number of halogens is 1. The number of ether oxygens (including phenoxy) is 1. The van der Waals surface area contributed by atoms with Gasteiger partial charge in [0.2, 0.25) is 0 Å². The van der Waals surface area contributed by atoms with Crippen LogP contribution in [0.2, 0.25) is 0 Å². The molecule has 0 unspecified atom stereocenters. The van der Waals surface area contributed by atoms with Crippen LogP contribution in [0.3, 0.4) is 0 Å². The van der Waals surface area contributed by atoms with E-state index in [0.717, 1.165) is 5.69 Å². The summed E-state index contributed by atoms with van der Waals surface area (Å²) in [5, 5.41) is 2.74. The fourth-order valence-corrected chi connectivity index (χ4v) is 2.64. The van der Waals surface area contributed by atoms with Crippen molar-refractivity contribution in [3.05, 3.63) is 47.8 Å². The Kier molecular flexibility index (Phi) is 4.58. The van der Waals surface area contributed by atoms with E-state index >= 15 is 0 Å². The molecule has 0 aliphatic rings. The average molecular weight is 366 g/mol. The van der Waals surface area contributed by atoms with Gasteiger partial charge in [-0.15, -0.1) is 6.42 Å². The second-order valence-corrected chi connectivity index (χ2v) is 6.67. The minimum absolute atomic E-state index is 0.145. The molecule has 1 amide bonds. The first kappa shape index (κ1) is 18.4. The fourth-order valence-electron chi connectivity index (χ4n) is 2.64. The molecule has 1 aromatic carbocycles. The highest BCUT2D eigenvalue weighted by Crippen LogP contribution is 2.26. The Bertz CT molecular complexity index is 1080. The maximum atomic E-state index is 13.9. The number of nitrogens with zero attached hydrogens (tertiary/aromatic N) is 3. The number of nitrogens with one attached hydrogen (secondary N) is 1. The minimum Gasteiger partial charge on any atom is -0.497 e. The van der Waals surface area contributed by atoms with Crippen LogP contribution in [0.4, 0.5) is 4.39 Å². The third-order valence-electron chi connectivity index (χ3n) is 4.10.